The van der Waals surface area contributed by atoms with Crippen LogP contribution in [-0.2, 0) is 0 Å². The van der Waals surface area contributed by atoms with Gasteiger partial charge in [0.05, 0.1) is 4.92 Å². The molecule has 1 rings (SSSR count). The second kappa shape index (κ2) is 4.06. The topological polar surface area (TPSA) is 60.2 Å². The van der Waals surface area contributed by atoms with E-state index in [0.29, 0.717) is 4.47 Å². The number of benzene rings is 1. The molecule has 6 heteroatoms. The van der Waals surface area contributed by atoms with Crippen LogP contribution in [0.4, 0.5) is 5.69 Å². The number of halogens is 2. The Morgan fingerprint density at radius 1 is 1.57 bits per heavy atom. The molecule has 14 heavy (non-hydrogen) atoms. The highest BCUT2D eigenvalue weighted by Crippen LogP contribution is 2.27. The third-order valence-electron chi connectivity index (χ3n) is 1.69. The minimum atomic E-state index is -0.827. The summed E-state index contributed by atoms with van der Waals surface area (Å²) < 4.78 is 0.575. The Hall–Kier alpha value is -0.940. The van der Waals surface area contributed by atoms with E-state index >= 15 is 0 Å². The van der Waals surface area contributed by atoms with E-state index in [0.717, 1.165) is 5.56 Å². The summed E-state index contributed by atoms with van der Waals surface area (Å²) in [7, 11) is 0. The average Bonchev–Trinajstić information content (AvgIpc) is 2.08. The van der Waals surface area contributed by atoms with Crippen molar-refractivity contribution in [2.45, 2.75) is 6.92 Å². The van der Waals surface area contributed by atoms with Gasteiger partial charge in [0.15, 0.2) is 0 Å². The largest absolute Gasteiger partial charge is 0.282 e. The summed E-state index contributed by atoms with van der Waals surface area (Å²) in [4.78, 5) is 20.8. The number of carbonyl (C=O) groups is 1. The minimum absolute atomic E-state index is 0.0858. The lowest BCUT2D eigenvalue weighted by atomic mass is 10.1. The monoisotopic (exact) mass is 277 g/mol. The quantitative estimate of drug-likeness (QED) is 0.474. The van der Waals surface area contributed by atoms with Gasteiger partial charge in [-0.05, 0) is 30.2 Å². The van der Waals surface area contributed by atoms with Crippen LogP contribution < -0.4 is 0 Å². The summed E-state index contributed by atoms with van der Waals surface area (Å²) in [6.45, 7) is 1.72. The number of aryl methyl sites for hydroxylation is 1. The Bertz CT molecular complexity index is 380. The molecule has 0 amide bonds. The van der Waals surface area contributed by atoms with Crippen molar-refractivity contribution in [3.05, 3.63) is 37.8 Å². The van der Waals surface area contributed by atoms with Crippen molar-refractivity contribution in [2.24, 2.45) is 0 Å². The highest BCUT2D eigenvalue weighted by atomic mass is 79.9. The zero-order valence-electron chi connectivity index (χ0n) is 7.08. The maximum atomic E-state index is 10.9. The second-order valence-electron chi connectivity index (χ2n) is 2.65. The molecule has 0 radical (unpaired) electrons. The van der Waals surface area contributed by atoms with Gasteiger partial charge in [0.25, 0.3) is 10.9 Å². The van der Waals surface area contributed by atoms with Gasteiger partial charge in [-0.15, -0.1) is 0 Å². The predicted octanol–water partition coefficient (Wildman–Crippen LogP) is 3.04. The molecule has 74 valence electrons. The molecule has 0 saturated heterocycles. The van der Waals surface area contributed by atoms with E-state index in [2.05, 4.69) is 15.9 Å². The lowest BCUT2D eigenvalue weighted by Crippen LogP contribution is -1.99. The smallest absolute Gasteiger partial charge is 0.275 e. The third kappa shape index (κ3) is 2.10. The average molecular weight is 278 g/mol. The zero-order chi connectivity index (χ0) is 10.9. The van der Waals surface area contributed by atoms with E-state index in [4.69, 9.17) is 11.6 Å². The van der Waals surface area contributed by atoms with Crippen molar-refractivity contribution in [1.82, 2.24) is 0 Å². The highest BCUT2D eigenvalue weighted by molar-refractivity contribution is 9.10. The third-order valence-corrected chi connectivity index (χ3v) is 2.74. The lowest BCUT2D eigenvalue weighted by molar-refractivity contribution is -0.385. The van der Waals surface area contributed by atoms with Crippen molar-refractivity contribution in [2.75, 3.05) is 0 Å². The molecule has 0 saturated carbocycles. The van der Waals surface area contributed by atoms with Gasteiger partial charge in [-0.3, -0.25) is 14.9 Å². The van der Waals surface area contributed by atoms with Crippen LogP contribution in [0.25, 0.3) is 0 Å². The van der Waals surface area contributed by atoms with Crippen LogP contribution in [0.15, 0.2) is 16.6 Å². The van der Waals surface area contributed by atoms with Gasteiger partial charge >= 0.3 is 0 Å². The molecule has 0 aliphatic heterocycles. The normalized spacial score (nSPS) is 9.93. The molecule has 0 fully saturated rings. The first-order chi connectivity index (χ1) is 6.43. The summed E-state index contributed by atoms with van der Waals surface area (Å²) in [6, 6.07) is 2.66. The van der Waals surface area contributed by atoms with E-state index in [-0.39, 0.29) is 11.3 Å². The van der Waals surface area contributed by atoms with E-state index in [1.54, 1.807) is 6.92 Å². The fraction of sp³-hybridized carbons (Fsp3) is 0.125. The standard InChI is InChI=1S/C8H5BrClNO3/c1-4-2-5(8(10)12)7(11(13)14)3-6(4)9/h2-3H,1H3. The Labute approximate surface area is 93.1 Å². The first-order valence-electron chi connectivity index (χ1n) is 3.58. The molecular weight excluding hydrogens is 273 g/mol. The lowest BCUT2D eigenvalue weighted by Gasteiger charge is -2.01. The van der Waals surface area contributed by atoms with Gasteiger partial charge in [-0.25, -0.2) is 0 Å². The maximum Gasteiger partial charge on any atom is 0.282 e. The molecule has 0 atom stereocenters. The van der Waals surface area contributed by atoms with Gasteiger partial charge in [0.1, 0.15) is 5.56 Å². The number of nitro groups is 1. The first-order valence-corrected chi connectivity index (χ1v) is 4.75. The van der Waals surface area contributed by atoms with E-state index < -0.39 is 10.2 Å². The Kier molecular flexibility index (Phi) is 3.23. The molecule has 0 spiro atoms. The fourth-order valence-electron chi connectivity index (χ4n) is 0.979. The molecular formula is C8H5BrClNO3. The van der Waals surface area contributed by atoms with Crippen LogP contribution in [0.2, 0.25) is 0 Å². The summed E-state index contributed by atoms with van der Waals surface area (Å²) in [5, 5.41) is 9.74. The van der Waals surface area contributed by atoms with Gasteiger partial charge in [0, 0.05) is 10.5 Å². The highest BCUT2D eigenvalue weighted by Gasteiger charge is 2.20. The zero-order valence-corrected chi connectivity index (χ0v) is 9.42. The van der Waals surface area contributed by atoms with E-state index in [9.17, 15) is 14.9 Å². The molecule has 0 bridgehead atoms. The summed E-state index contributed by atoms with van der Waals surface area (Å²) in [5.41, 5.74) is 0.347. The second-order valence-corrected chi connectivity index (χ2v) is 3.85. The number of hydrogen-bond acceptors (Lipinski definition) is 3. The van der Waals surface area contributed by atoms with Crippen molar-refractivity contribution in [1.29, 1.82) is 0 Å². The molecule has 0 aromatic heterocycles. The molecule has 0 unspecified atom stereocenters. The molecule has 0 heterocycles. The fourth-order valence-corrected chi connectivity index (χ4v) is 1.46. The summed E-state index contributed by atoms with van der Waals surface area (Å²) in [6.07, 6.45) is 0. The Morgan fingerprint density at radius 2 is 2.14 bits per heavy atom. The van der Waals surface area contributed by atoms with Gasteiger partial charge in [-0.2, -0.15) is 0 Å². The van der Waals surface area contributed by atoms with Crippen LogP contribution in [0, 0.1) is 17.0 Å². The van der Waals surface area contributed by atoms with Crippen molar-refractivity contribution >= 4 is 38.5 Å². The minimum Gasteiger partial charge on any atom is -0.275 e. The summed E-state index contributed by atoms with van der Waals surface area (Å²) in [5.74, 6) is 0. The number of nitrogens with zero attached hydrogens (tertiary/aromatic N) is 1. The van der Waals surface area contributed by atoms with Gasteiger partial charge in [-0.1, -0.05) is 15.9 Å². The molecule has 0 N–H and O–H groups in total. The van der Waals surface area contributed by atoms with Crippen molar-refractivity contribution in [3.8, 4) is 0 Å². The van der Waals surface area contributed by atoms with Crippen LogP contribution >= 0.6 is 27.5 Å². The van der Waals surface area contributed by atoms with E-state index in [1.807, 2.05) is 0 Å². The predicted molar refractivity (Wildman–Crippen MR) is 55.7 cm³/mol. The molecule has 0 aliphatic rings. The maximum absolute atomic E-state index is 10.9. The van der Waals surface area contributed by atoms with Crippen LogP contribution in [-0.4, -0.2) is 10.2 Å². The SMILES string of the molecule is Cc1cc(C(=O)Cl)c([N+](=O)[O-])cc1Br. The van der Waals surface area contributed by atoms with Crippen molar-refractivity contribution < 1.29 is 9.72 Å². The van der Waals surface area contributed by atoms with Gasteiger partial charge < -0.3 is 0 Å². The number of nitro benzene ring substituents is 1. The molecule has 0 aliphatic carbocycles. The van der Waals surface area contributed by atoms with Crippen LogP contribution in [0.5, 0.6) is 0 Å². The number of hydrogen-bond donors (Lipinski definition) is 0. The molecule has 1 aromatic carbocycles. The first kappa shape index (κ1) is 11.1. The van der Waals surface area contributed by atoms with E-state index in [1.165, 1.54) is 12.1 Å². The number of rotatable bonds is 2. The van der Waals surface area contributed by atoms with Crippen molar-refractivity contribution in [3.63, 3.8) is 0 Å². The number of carbonyl (C=O) groups excluding carboxylic acids is 1. The Balaban J connectivity index is 3.46. The summed E-state index contributed by atoms with van der Waals surface area (Å²) >= 11 is 8.36. The van der Waals surface area contributed by atoms with Crippen LogP contribution in [0.1, 0.15) is 15.9 Å². The molecule has 4 nitrogen and oxygen atoms in total. The van der Waals surface area contributed by atoms with Gasteiger partial charge in [0.2, 0.25) is 0 Å². The Morgan fingerprint density at radius 3 is 2.57 bits per heavy atom. The molecule has 1 aromatic rings. The van der Waals surface area contributed by atoms with Crippen LogP contribution in [0.3, 0.4) is 0 Å².